The van der Waals surface area contributed by atoms with E-state index in [2.05, 4.69) is 76.9 Å². The van der Waals surface area contributed by atoms with Crippen molar-refractivity contribution in [2.24, 2.45) is 0 Å². The van der Waals surface area contributed by atoms with Crippen molar-refractivity contribution in [3.05, 3.63) is 28.2 Å². The molecule has 1 fully saturated rings. The van der Waals surface area contributed by atoms with Crippen LogP contribution in [0.1, 0.15) is 32.4 Å². The van der Waals surface area contributed by atoms with Crippen LogP contribution in [0.3, 0.4) is 0 Å². The Morgan fingerprint density at radius 1 is 1.53 bits per heavy atom. The molecule has 1 aromatic carbocycles. The Morgan fingerprint density at radius 2 is 2.32 bits per heavy atom. The molecular weight excluding hydrogens is 320 g/mol. The number of rotatable bonds is 4. The maximum atomic E-state index is 3.60. The summed E-state index contributed by atoms with van der Waals surface area (Å²) in [7, 11) is 0. The third kappa shape index (κ3) is 3.67. The Balaban J connectivity index is 2.32. The average Bonchev–Trinajstić information content (AvgIpc) is 2.40. The minimum Gasteiger partial charge on any atom is -0.367 e. The summed E-state index contributed by atoms with van der Waals surface area (Å²) >= 11 is 5.67. The molecule has 0 radical (unpaired) electrons. The second-order valence-electron chi connectivity index (χ2n) is 5.10. The first-order valence-electron chi connectivity index (χ1n) is 7.00. The van der Waals surface area contributed by atoms with Crippen molar-refractivity contribution in [2.45, 2.75) is 32.9 Å². The van der Waals surface area contributed by atoms with E-state index >= 15 is 0 Å². The van der Waals surface area contributed by atoms with Gasteiger partial charge in [0.2, 0.25) is 0 Å². The highest BCUT2D eigenvalue weighted by atomic mass is 79.9. The Hall–Kier alpha value is -0.190. The van der Waals surface area contributed by atoms with Gasteiger partial charge in [-0.3, -0.25) is 0 Å². The monoisotopic (exact) mass is 342 g/mol. The highest BCUT2D eigenvalue weighted by Gasteiger charge is 2.22. The molecular formula is C15H23BrN2S. The van der Waals surface area contributed by atoms with E-state index in [0.717, 1.165) is 17.6 Å². The fourth-order valence-electron chi connectivity index (χ4n) is 2.63. The summed E-state index contributed by atoms with van der Waals surface area (Å²) in [5.41, 5.74) is 2.79. The van der Waals surface area contributed by atoms with E-state index in [1.165, 1.54) is 22.8 Å². The predicted molar refractivity (Wildman–Crippen MR) is 90.4 cm³/mol. The summed E-state index contributed by atoms with van der Waals surface area (Å²) in [5.74, 6) is 2.46. The van der Waals surface area contributed by atoms with Crippen LogP contribution in [0.2, 0.25) is 0 Å². The summed E-state index contributed by atoms with van der Waals surface area (Å²) in [6.07, 6.45) is 0. The van der Waals surface area contributed by atoms with E-state index in [9.17, 15) is 0 Å². The van der Waals surface area contributed by atoms with Crippen LogP contribution >= 0.6 is 27.7 Å². The molecule has 19 heavy (non-hydrogen) atoms. The average molecular weight is 343 g/mol. The number of nitrogens with zero attached hydrogens (tertiary/aromatic N) is 1. The van der Waals surface area contributed by atoms with Crippen LogP contribution in [0.15, 0.2) is 22.7 Å². The molecule has 2 nitrogen and oxygen atoms in total. The van der Waals surface area contributed by atoms with Gasteiger partial charge in [0, 0.05) is 40.3 Å². The molecule has 1 aliphatic rings. The lowest BCUT2D eigenvalue weighted by molar-refractivity contribution is 0.591. The molecule has 2 unspecified atom stereocenters. The van der Waals surface area contributed by atoms with E-state index in [4.69, 9.17) is 0 Å². The molecule has 0 spiro atoms. The van der Waals surface area contributed by atoms with Gasteiger partial charge in [0.1, 0.15) is 0 Å². The molecule has 2 rings (SSSR count). The second kappa shape index (κ2) is 7.00. The van der Waals surface area contributed by atoms with Gasteiger partial charge >= 0.3 is 0 Å². The smallest absolute Gasteiger partial charge is 0.0418 e. The van der Waals surface area contributed by atoms with Crippen LogP contribution in [0.5, 0.6) is 0 Å². The third-order valence-electron chi connectivity index (χ3n) is 3.64. The van der Waals surface area contributed by atoms with Gasteiger partial charge in [0.15, 0.2) is 0 Å². The van der Waals surface area contributed by atoms with Gasteiger partial charge in [-0.05, 0) is 44.2 Å². The predicted octanol–water partition coefficient (Wildman–Crippen LogP) is 4.06. The van der Waals surface area contributed by atoms with E-state index < -0.39 is 0 Å². The largest absolute Gasteiger partial charge is 0.367 e. The number of halogens is 1. The molecule has 1 N–H and O–H groups in total. The lowest BCUT2D eigenvalue weighted by Gasteiger charge is -2.37. The lowest BCUT2D eigenvalue weighted by Crippen LogP contribution is -2.41. The maximum Gasteiger partial charge on any atom is 0.0418 e. The van der Waals surface area contributed by atoms with Crippen molar-refractivity contribution in [1.29, 1.82) is 0 Å². The van der Waals surface area contributed by atoms with E-state index in [1.807, 2.05) is 0 Å². The summed E-state index contributed by atoms with van der Waals surface area (Å²) in [5, 5.41) is 3.53. The Bertz CT molecular complexity index is 425. The van der Waals surface area contributed by atoms with E-state index in [0.29, 0.717) is 12.1 Å². The number of hydrogen-bond acceptors (Lipinski definition) is 3. The highest BCUT2D eigenvalue weighted by Crippen LogP contribution is 2.33. The summed E-state index contributed by atoms with van der Waals surface area (Å²) in [6.45, 7) is 8.89. The molecule has 0 aromatic heterocycles. The Kier molecular flexibility index (Phi) is 5.60. The van der Waals surface area contributed by atoms with E-state index in [-0.39, 0.29) is 0 Å². The van der Waals surface area contributed by atoms with Gasteiger partial charge in [-0.1, -0.05) is 22.9 Å². The molecule has 0 bridgehead atoms. The zero-order chi connectivity index (χ0) is 13.8. The first-order valence-corrected chi connectivity index (χ1v) is 8.95. The summed E-state index contributed by atoms with van der Waals surface area (Å²) < 4.78 is 1.16. The molecule has 1 heterocycles. The molecule has 1 aliphatic heterocycles. The number of hydrogen-bond donors (Lipinski definition) is 1. The van der Waals surface area contributed by atoms with Crippen molar-refractivity contribution in [2.75, 3.05) is 29.5 Å². The third-order valence-corrected chi connectivity index (χ3v) is 5.33. The Labute approximate surface area is 129 Å². The van der Waals surface area contributed by atoms with Crippen LogP contribution in [-0.4, -0.2) is 30.6 Å². The SMILES string of the molecule is CCNC(C)c1cc(Br)ccc1N1CCSCC1C. The van der Waals surface area contributed by atoms with E-state index in [1.54, 1.807) is 0 Å². The summed E-state index contributed by atoms with van der Waals surface area (Å²) in [6, 6.07) is 7.69. The van der Waals surface area contributed by atoms with Gasteiger partial charge in [0.05, 0.1) is 0 Å². The van der Waals surface area contributed by atoms with Gasteiger partial charge in [-0.2, -0.15) is 11.8 Å². The zero-order valence-electron chi connectivity index (χ0n) is 11.9. The number of nitrogens with one attached hydrogen (secondary N) is 1. The zero-order valence-corrected chi connectivity index (χ0v) is 14.4. The minimum atomic E-state index is 0.388. The number of benzene rings is 1. The topological polar surface area (TPSA) is 15.3 Å². The fraction of sp³-hybridized carbons (Fsp3) is 0.600. The maximum absolute atomic E-state index is 3.60. The van der Waals surface area contributed by atoms with Gasteiger partial charge in [-0.25, -0.2) is 0 Å². The molecule has 106 valence electrons. The van der Waals surface area contributed by atoms with Crippen molar-refractivity contribution < 1.29 is 0 Å². The van der Waals surface area contributed by atoms with Crippen molar-refractivity contribution in [3.63, 3.8) is 0 Å². The molecule has 1 aromatic rings. The number of anilines is 1. The Morgan fingerprint density at radius 3 is 3.00 bits per heavy atom. The van der Waals surface area contributed by atoms with Crippen LogP contribution in [-0.2, 0) is 0 Å². The minimum absolute atomic E-state index is 0.388. The lowest BCUT2D eigenvalue weighted by atomic mass is 10.0. The quantitative estimate of drug-likeness (QED) is 0.888. The van der Waals surface area contributed by atoms with Gasteiger partial charge in [0.25, 0.3) is 0 Å². The normalized spacial score (nSPS) is 21.5. The van der Waals surface area contributed by atoms with Crippen LogP contribution in [0.4, 0.5) is 5.69 Å². The van der Waals surface area contributed by atoms with Crippen molar-refractivity contribution in [3.8, 4) is 0 Å². The van der Waals surface area contributed by atoms with Gasteiger partial charge < -0.3 is 10.2 Å². The second-order valence-corrected chi connectivity index (χ2v) is 7.17. The van der Waals surface area contributed by atoms with Crippen LogP contribution < -0.4 is 10.2 Å². The first-order chi connectivity index (χ1) is 9.13. The molecule has 0 aliphatic carbocycles. The molecule has 0 saturated carbocycles. The highest BCUT2D eigenvalue weighted by molar-refractivity contribution is 9.10. The first kappa shape index (κ1) is 15.2. The molecule has 0 amide bonds. The van der Waals surface area contributed by atoms with Crippen molar-refractivity contribution >= 4 is 33.4 Å². The van der Waals surface area contributed by atoms with Gasteiger partial charge in [-0.15, -0.1) is 0 Å². The van der Waals surface area contributed by atoms with Crippen LogP contribution in [0, 0.1) is 0 Å². The molecule has 4 heteroatoms. The molecule has 1 saturated heterocycles. The fourth-order valence-corrected chi connectivity index (χ4v) is 4.03. The van der Waals surface area contributed by atoms with Crippen LogP contribution in [0.25, 0.3) is 0 Å². The number of thioether (sulfide) groups is 1. The standard InChI is InChI=1S/C15H23BrN2S/c1-4-17-12(3)14-9-13(16)5-6-15(14)18-7-8-19-10-11(18)2/h5-6,9,11-12,17H,4,7-8,10H2,1-3H3. The van der Waals surface area contributed by atoms with Crippen molar-refractivity contribution in [1.82, 2.24) is 5.32 Å². The molecule has 2 atom stereocenters. The summed E-state index contributed by atoms with van der Waals surface area (Å²) in [4.78, 5) is 2.56.